The van der Waals surface area contributed by atoms with Crippen LogP contribution in [0.3, 0.4) is 0 Å². The van der Waals surface area contributed by atoms with E-state index in [1.54, 1.807) is 0 Å². The van der Waals surface area contributed by atoms with E-state index in [1.807, 2.05) is 0 Å². The second-order valence-electron chi connectivity index (χ2n) is 5.74. The van der Waals surface area contributed by atoms with Gasteiger partial charge in [0.15, 0.2) is 0 Å². The van der Waals surface area contributed by atoms with Gasteiger partial charge in [0.25, 0.3) is 0 Å². The Bertz CT molecular complexity index is 252. The first-order chi connectivity index (χ1) is 7.22. The lowest BCUT2D eigenvalue weighted by Gasteiger charge is -2.55. The molecule has 0 aromatic heterocycles. The third-order valence-electron chi connectivity index (χ3n) is 4.66. The predicted octanol–water partition coefficient (Wildman–Crippen LogP) is 3.10. The summed E-state index contributed by atoms with van der Waals surface area (Å²) in [5.41, 5.74) is 0.274. The SMILES string of the molecule is O=C(OCBr)C12CC3CC(CC(C3)C1)C2. The molecule has 0 amide bonds. The normalized spacial score (nSPS) is 46.9. The molecule has 0 N–H and O–H groups in total. The number of esters is 1. The third-order valence-corrected chi connectivity index (χ3v) is 4.89. The van der Waals surface area contributed by atoms with E-state index in [2.05, 4.69) is 15.9 Å². The fourth-order valence-corrected chi connectivity index (χ4v) is 4.77. The first-order valence-corrected chi connectivity index (χ1v) is 7.07. The van der Waals surface area contributed by atoms with Crippen LogP contribution >= 0.6 is 15.9 Å². The third kappa shape index (κ3) is 1.54. The van der Waals surface area contributed by atoms with Crippen molar-refractivity contribution >= 4 is 21.9 Å². The van der Waals surface area contributed by atoms with Crippen LogP contribution in [0.15, 0.2) is 0 Å². The van der Waals surface area contributed by atoms with E-state index < -0.39 is 0 Å². The maximum Gasteiger partial charge on any atom is 0.312 e. The Morgan fingerprint density at radius 2 is 1.60 bits per heavy atom. The van der Waals surface area contributed by atoms with Crippen LogP contribution in [0, 0.1) is 23.2 Å². The molecule has 0 aliphatic heterocycles. The summed E-state index contributed by atoms with van der Waals surface area (Å²) >= 11 is 3.19. The summed E-state index contributed by atoms with van der Waals surface area (Å²) in [5.74, 6) is 2.52. The minimum atomic E-state index is -0.0808. The number of carbonyl (C=O) groups excluding carboxylic acids is 1. The molecule has 84 valence electrons. The van der Waals surface area contributed by atoms with Gasteiger partial charge in [-0.15, -0.1) is 0 Å². The average molecular weight is 273 g/mol. The molecular weight excluding hydrogens is 256 g/mol. The number of hydrogen-bond acceptors (Lipinski definition) is 2. The molecule has 0 spiro atoms. The molecule has 0 radical (unpaired) electrons. The highest BCUT2D eigenvalue weighted by Gasteiger charge is 2.55. The average Bonchev–Trinajstić information content (AvgIpc) is 2.15. The molecule has 2 nitrogen and oxygen atoms in total. The minimum Gasteiger partial charge on any atom is -0.454 e. The lowest BCUT2D eigenvalue weighted by atomic mass is 9.49. The van der Waals surface area contributed by atoms with Crippen LogP contribution in [0.1, 0.15) is 38.5 Å². The highest BCUT2D eigenvalue weighted by Crippen LogP contribution is 2.60. The van der Waals surface area contributed by atoms with E-state index in [0.29, 0.717) is 5.52 Å². The Morgan fingerprint density at radius 1 is 1.13 bits per heavy atom. The zero-order valence-electron chi connectivity index (χ0n) is 8.88. The maximum absolute atomic E-state index is 12.0. The Kier molecular flexibility index (Phi) is 2.35. The summed E-state index contributed by atoms with van der Waals surface area (Å²) in [6, 6.07) is 0. The molecule has 0 unspecified atom stereocenters. The monoisotopic (exact) mass is 272 g/mol. The summed E-state index contributed by atoms with van der Waals surface area (Å²) in [7, 11) is 0. The Hall–Kier alpha value is -0.0500. The van der Waals surface area contributed by atoms with Crippen LogP contribution < -0.4 is 0 Å². The molecule has 0 saturated heterocycles. The molecule has 4 saturated carbocycles. The number of ether oxygens (including phenoxy) is 1. The van der Waals surface area contributed by atoms with Gasteiger partial charge < -0.3 is 4.74 Å². The van der Waals surface area contributed by atoms with Gasteiger partial charge in [-0.2, -0.15) is 0 Å². The number of halogens is 1. The second kappa shape index (κ2) is 3.47. The van der Waals surface area contributed by atoms with Crippen molar-refractivity contribution in [2.75, 3.05) is 5.52 Å². The molecule has 0 atom stereocenters. The quantitative estimate of drug-likeness (QED) is 0.571. The zero-order chi connectivity index (χ0) is 10.5. The highest BCUT2D eigenvalue weighted by atomic mass is 79.9. The van der Waals surface area contributed by atoms with Crippen LogP contribution in [0.4, 0.5) is 0 Å². The summed E-state index contributed by atoms with van der Waals surface area (Å²) < 4.78 is 5.20. The van der Waals surface area contributed by atoms with Crippen molar-refractivity contribution < 1.29 is 9.53 Å². The molecular formula is C12H17BrO2. The first-order valence-electron chi connectivity index (χ1n) is 5.95. The molecule has 15 heavy (non-hydrogen) atoms. The van der Waals surface area contributed by atoms with Gasteiger partial charge >= 0.3 is 5.97 Å². The summed E-state index contributed by atoms with van der Waals surface area (Å²) in [4.78, 5) is 12.0. The van der Waals surface area contributed by atoms with Crippen LogP contribution in [-0.2, 0) is 9.53 Å². The minimum absolute atomic E-state index is 0.0680. The number of rotatable bonds is 2. The molecule has 4 bridgehead atoms. The molecule has 4 fully saturated rings. The highest BCUT2D eigenvalue weighted by molar-refractivity contribution is 9.09. The number of hydrogen-bond donors (Lipinski definition) is 0. The smallest absolute Gasteiger partial charge is 0.312 e. The Morgan fingerprint density at radius 3 is 2.00 bits per heavy atom. The van der Waals surface area contributed by atoms with E-state index in [9.17, 15) is 4.79 Å². The van der Waals surface area contributed by atoms with Crippen molar-refractivity contribution in [2.45, 2.75) is 38.5 Å². The molecule has 0 aromatic carbocycles. The Balaban J connectivity index is 1.83. The van der Waals surface area contributed by atoms with Gasteiger partial charge in [0.1, 0.15) is 5.52 Å². The Labute approximate surface area is 98.9 Å². The molecule has 4 rings (SSSR count). The van der Waals surface area contributed by atoms with Gasteiger partial charge in [-0.25, -0.2) is 0 Å². The topological polar surface area (TPSA) is 26.3 Å². The molecule has 4 aliphatic rings. The number of carbonyl (C=O) groups is 1. The second-order valence-corrected chi connectivity index (χ2v) is 6.20. The molecule has 3 heteroatoms. The zero-order valence-corrected chi connectivity index (χ0v) is 10.5. The fourth-order valence-electron chi connectivity index (χ4n) is 4.56. The number of alkyl halides is 1. The lowest BCUT2D eigenvalue weighted by Crippen LogP contribution is -2.50. The lowest BCUT2D eigenvalue weighted by molar-refractivity contribution is -0.169. The van der Waals surface area contributed by atoms with E-state index in [-0.39, 0.29) is 11.4 Å². The van der Waals surface area contributed by atoms with Gasteiger partial charge in [-0.05, 0) is 72.2 Å². The van der Waals surface area contributed by atoms with Crippen molar-refractivity contribution in [3.05, 3.63) is 0 Å². The summed E-state index contributed by atoms with van der Waals surface area (Å²) in [6.45, 7) is 0. The van der Waals surface area contributed by atoms with Gasteiger partial charge in [0.05, 0.1) is 5.41 Å². The molecule has 0 aromatic rings. The molecule has 0 heterocycles. The van der Waals surface area contributed by atoms with E-state index in [1.165, 1.54) is 19.3 Å². The van der Waals surface area contributed by atoms with Crippen LogP contribution in [0.5, 0.6) is 0 Å². The molecule has 4 aliphatic carbocycles. The standard InChI is InChI=1S/C12H17BrO2/c13-7-15-11(14)12-4-8-1-9(5-12)3-10(2-8)6-12/h8-10H,1-7H2. The van der Waals surface area contributed by atoms with Gasteiger partial charge in [-0.3, -0.25) is 4.79 Å². The van der Waals surface area contributed by atoms with E-state index in [4.69, 9.17) is 4.74 Å². The van der Waals surface area contributed by atoms with Gasteiger partial charge in [0.2, 0.25) is 0 Å². The fraction of sp³-hybridized carbons (Fsp3) is 0.917. The van der Waals surface area contributed by atoms with E-state index >= 15 is 0 Å². The van der Waals surface area contributed by atoms with E-state index in [0.717, 1.165) is 37.0 Å². The van der Waals surface area contributed by atoms with Crippen molar-refractivity contribution in [1.29, 1.82) is 0 Å². The van der Waals surface area contributed by atoms with Crippen LogP contribution in [0.25, 0.3) is 0 Å². The van der Waals surface area contributed by atoms with Crippen molar-refractivity contribution in [3.8, 4) is 0 Å². The van der Waals surface area contributed by atoms with Gasteiger partial charge in [0, 0.05) is 0 Å². The first kappa shape index (κ1) is 10.1. The van der Waals surface area contributed by atoms with Crippen LogP contribution in [-0.4, -0.2) is 11.5 Å². The van der Waals surface area contributed by atoms with Crippen molar-refractivity contribution in [1.82, 2.24) is 0 Å². The summed E-state index contributed by atoms with van der Waals surface area (Å²) in [6.07, 6.45) is 7.43. The van der Waals surface area contributed by atoms with Crippen molar-refractivity contribution in [3.63, 3.8) is 0 Å². The van der Waals surface area contributed by atoms with Crippen LogP contribution in [0.2, 0.25) is 0 Å². The van der Waals surface area contributed by atoms with Crippen molar-refractivity contribution in [2.24, 2.45) is 23.2 Å². The largest absolute Gasteiger partial charge is 0.454 e. The maximum atomic E-state index is 12.0. The summed E-state index contributed by atoms with van der Waals surface area (Å²) in [5, 5.41) is 0. The van der Waals surface area contributed by atoms with Gasteiger partial charge in [-0.1, -0.05) is 0 Å². The predicted molar refractivity (Wildman–Crippen MR) is 60.5 cm³/mol.